The van der Waals surface area contributed by atoms with E-state index in [9.17, 15) is 9.59 Å². The molecule has 0 spiro atoms. The van der Waals surface area contributed by atoms with Gasteiger partial charge in [-0.2, -0.15) is 0 Å². The quantitative estimate of drug-likeness (QED) is 0.850. The number of hydrogen-bond donors (Lipinski definition) is 1. The highest BCUT2D eigenvalue weighted by Crippen LogP contribution is 2.37. The van der Waals surface area contributed by atoms with Gasteiger partial charge in [0.25, 0.3) is 0 Å². The second-order valence-corrected chi connectivity index (χ2v) is 7.03. The largest absolute Gasteiger partial charge is 0.326 e. The Hall–Kier alpha value is -2.04. The molecule has 4 nitrogen and oxygen atoms in total. The zero-order valence-electron chi connectivity index (χ0n) is 14.0. The van der Waals surface area contributed by atoms with Crippen LogP contribution in [0.2, 0.25) is 10.0 Å². The molecule has 2 aromatic rings. The molecule has 1 saturated heterocycles. The van der Waals surface area contributed by atoms with Crippen molar-refractivity contribution in [1.82, 2.24) is 0 Å². The van der Waals surface area contributed by atoms with E-state index < -0.39 is 5.92 Å². The first-order valence-electron chi connectivity index (χ1n) is 8.00. The smallest absolute Gasteiger partial charge is 0.229 e. The van der Waals surface area contributed by atoms with Gasteiger partial charge in [0.05, 0.1) is 21.7 Å². The van der Waals surface area contributed by atoms with E-state index in [-0.39, 0.29) is 24.8 Å². The van der Waals surface area contributed by atoms with Crippen LogP contribution in [0.3, 0.4) is 0 Å². The second kappa shape index (κ2) is 7.06. The number of benzene rings is 2. The first kappa shape index (κ1) is 17.8. The molecule has 3 rings (SSSR count). The topological polar surface area (TPSA) is 49.4 Å². The van der Waals surface area contributed by atoms with Crippen LogP contribution in [0.5, 0.6) is 0 Å². The molecule has 25 heavy (non-hydrogen) atoms. The first-order chi connectivity index (χ1) is 11.9. The van der Waals surface area contributed by atoms with Crippen LogP contribution in [0.4, 0.5) is 11.4 Å². The SMILES string of the molecule is Cc1cccc(NC(=O)C2CC(=O)N(c3c(Cl)cccc3Cl)C2)c1C. The van der Waals surface area contributed by atoms with E-state index in [4.69, 9.17) is 23.2 Å². The number of hydrogen-bond acceptors (Lipinski definition) is 2. The van der Waals surface area contributed by atoms with Crippen LogP contribution >= 0.6 is 23.2 Å². The molecule has 0 radical (unpaired) electrons. The minimum Gasteiger partial charge on any atom is -0.326 e. The van der Waals surface area contributed by atoms with Crippen molar-refractivity contribution in [1.29, 1.82) is 0 Å². The van der Waals surface area contributed by atoms with E-state index in [0.717, 1.165) is 16.8 Å². The summed E-state index contributed by atoms with van der Waals surface area (Å²) in [4.78, 5) is 26.5. The highest BCUT2D eigenvalue weighted by Gasteiger charge is 2.36. The predicted molar refractivity (Wildman–Crippen MR) is 101 cm³/mol. The average Bonchev–Trinajstić information content (AvgIpc) is 2.93. The molecule has 1 atom stereocenters. The summed E-state index contributed by atoms with van der Waals surface area (Å²) in [6.07, 6.45) is 0.137. The van der Waals surface area contributed by atoms with Crippen LogP contribution < -0.4 is 10.2 Å². The summed E-state index contributed by atoms with van der Waals surface area (Å²) in [7, 11) is 0. The van der Waals surface area contributed by atoms with Crippen LogP contribution in [0.25, 0.3) is 0 Å². The van der Waals surface area contributed by atoms with Crippen molar-refractivity contribution < 1.29 is 9.59 Å². The summed E-state index contributed by atoms with van der Waals surface area (Å²) in [5.74, 6) is -0.774. The van der Waals surface area contributed by atoms with E-state index in [1.165, 1.54) is 4.90 Å². The normalized spacial score (nSPS) is 17.0. The van der Waals surface area contributed by atoms with Crippen molar-refractivity contribution >= 4 is 46.4 Å². The lowest BCUT2D eigenvalue weighted by molar-refractivity contribution is -0.122. The van der Waals surface area contributed by atoms with Gasteiger partial charge in [-0.15, -0.1) is 0 Å². The molecule has 0 aliphatic carbocycles. The van der Waals surface area contributed by atoms with Gasteiger partial charge in [0.15, 0.2) is 0 Å². The van der Waals surface area contributed by atoms with E-state index in [1.807, 2.05) is 32.0 Å². The average molecular weight is 377 g/mol. The lowest BCUT2D eigenvalue weighted by atomic mass is 10.1. The minimum absolute atomic E-state index is 0.137. The molecular weight excluding hydrogens is 359 g/mol. The summed E-state index contributed by atoms with van der Waals surface area (Å²) in [6.45, 7) is 4.21. The fourth-order valence-electron chi connectivity index (χ4n) is 2.97. The Labute approximate surface area is 156 Å². The number of anilines is 2. The van der Waals surface area contributed by atoms with Gasteiger partial charge in [-0.05, 0) is 43.2 Å². The van der Waals surface area contributed by atoms with Crippen LogP contribution in [-0.2, 0) is 9.59 Å². The molecule has 1 unspecified atom stereocenters. The number of halogens is 2. The van der Waals surface area contributed by atoms with Gasteiger partial charge >= 0.3 is 0 Å². The van der Waals surface area contributed by atoms with Gasteiger partial charge in [0.2, 0.25) is 11.8 Å². The van der Waals surface area contributed by atoms with E-state index in [0.29, 0.717) is 15.7 Å². The number of amides is 2. The molecule has 130 valence electrons. The van der Waals surface area contributed by atoms with Crippen LogP contribution in [0, 0.1) is 19.8 Å². The molecule has 1 fully saturated rings. The summed E-state index contributed by atoms with van der Waals surface area (Å²) in [5.41, 5.74) is 3.36. The van der Waals surface area contributed by atoms with Gasteiger partial charge in [-0.25, -0.2) is 0 Å². The Balaban J connectivity index is 1.78. The highest BCUT2D eigenvalue weighted by molar-refractivity contribution is 6.40. The molecular formula is C19H18Cl2N2O2. The zero-order chi connectivity index (χ0) is 18.1. The van der Waals surface area contributed by atoms with Crippen molar-refractivity contribution in [2.75, 3.05) is 16.8 Å². The van der Waals surface area contributed by atoms with Crippen LogP contribution in [-0.4, -0.2) is 18.4 Å². The van der Waals surface area contributed by atoms with Crippen molar-refractivity contribution in [3.63, 3.8) is 0 Å². The Morgan fingerprint density at radius 3 is 2.44 bits per heavy atom. The first-order valence-corrected chi connectivity index (χ1v) is 8.75. The number of aryl methyl sites for hydroxylation is 1. The standard InChI is InChI=1S/C19H18Cl2N2O2/c1-11-5-3-8-16(12(11)2)22-19(25)13-9-17(24)23(10-13)18-14(20)6-4-7-15(18)21/h3-8,13H,9-10H2,1-2H3,(H,22,25). The van der Waals surface area contributed by atoms with E-state index >= 15 is 0 Å². The Kier molecular flexibility index (Phi) is 5.02. The molecule has 1 aliphatic rings. The predicted octanol–water partition coefficient (Wildman–Crippen LogP) is 4.60. The summed E-state index contributed by atoms with van der Waals surface area (Å²) < 4.78 is 0. The number of para-hydroxylation sites is 1. The zero-order valence-corrected chi connectivity index (χ0v) is 15.5. The van der Waals surface area contributed by atoms with Gasteiger partial charge in [0, 0.05) is 18.7 Å². The molecule has 2 aromatic carbocycles. The fourth-order valence-corrected chi connectivity index (χ4v) is 3.57. The van der Waals surface area contributed by atoms with E-state index in [2.05, 4.69) is 5.32 Å². The molecule has 0 aromatic heterocycles. The number of rotatable bonds is 3. The Morgan fingerprint density at radius 1 is 1.12 bits per heavy atom. The highest BCUT2D eigenvalue weighted by atomic mass is 35.5. The van der Waals surface area contributed by atoms with Crippen molar-refractivity contribution in [3.05, 3.63) is 57.6 Å². The van der Waals surface area contributed by atoms with E-state index in [1.54, 1.807) is 18.2 Å². The Morgan fingerprint density at radius 2 is 1.76 bits per heavy atom. The molecule has 2 amide bonds. The van der Waals surface area contributed by atoms with Gasteiger partial charge < -0.3 is 10.2 Å². The maximum atomic E-state index is 12.6. The van der Waals surface area contributed by atoms with Gasteiger partial charge in [0.1, 0.15) is 0 Å². The van der Waals surface area contributed by atoms with Crippen LogP contribution in [0.15, 0.2) is 36.4 Å². The van der Waals surface area contributed by atoms with Gasteiger partial charge in [-0.1, -0.05) is 41.4 Å². The van der Waals surface area contributed by atoms with Crippen molar-refractivity contribution in [2.45, 2.75) is 20.3 Å². The number of nitrogens with one attached hydrogen (secondary N) is 1. The lowest BCUT2D eigenvalue weighted by Crippen LogP contribution is -2.28. The second-order valence-electron chi connectivity index (χ2n) is 6.21. The summed E-state index contributed by atoms with van der Waals surface area (Å²) in [6, 6.07) is 10.8. The summed E-state index contributed by atoms with van der Waals surface area (Å²) in [5, 5.41) is 3.73. The third-order valence-corrected chi connectivity index (χ3v) is 5.18. The molecule has 6 heteroatoms. The maximum Gasteiger partial charge on any atom is 0.229 e. The van der Waals surface area contributed by atoms with Gasteiger partial charge in [-0.3, -0.25) is 9.59 Å². The van der Waals surface area contributed by atoms with Crippen molar-refractivity contribution in [3.8, 4) is 0 Å². The maximum absolute atomic E-state index is 12.6. The molecule has 1 heterocycles. The fraction of sp³-hybridized carbons (Fsp3) is 0.263. The molecule has 0 bridgehead atoms. The van der Waals surface area contributed by atoms with Crippen LogP contribution in [0.1, 0.15) is 17.5 Å². The molecule has 1 aliphatic heterocycles. The minimum atomic E-state index is -0.445. The monoisotopic (exact) mass is 376 g/mol. The third kappa shape index (κ3) is 3.51. The summed E-state index contributed by atoms with van der Waals surface area (Å²) >= 11 is 12.4. The lowest BCUT2D eigenvalue weighted by Gasteiger charge is -2.19. The third-order valence-electron chi connectivity index (χ3n) is 4.57. The number of carbonyl (C=O) groups excluding carboxylic acids is 2. The van der Waals surface area contributed by atoms with Crippen molar-refractivity contribution in [2.24, 2.45) is 5.92 Å². The number of carbonyl (C=O) groups is 2. The number of nitrogens with zero attached hydrogens (tertiary/aromatic N) is 1. The molecule has 1 N–H and O–H groups in total. The Bertz CT molecular complexity index is 831. The molecule has 0 saturated carbocycles.